The zero-order chi connectivity index (χ0) is 18.4. The van der Waals surface area contributed by atoms with Crippen molar-refractivity contribution in [2.24, 2.45) is 0 Å². The molecular weight excluding hydrogens is 324 g/mol. The van der Waals surface area contributed by atoms with Crippen molar-refractivity contribution in [3.05, 3.63) is 24.3 Å². The topological polar surface area (TPSA) is 77.1 Å². The van der Waals surface area contributed by atoms with Crippen molar-refractivity contribution in [1.29, 1.82) is 0 Å². The summed E-state index contributed by atoms with van der Waals surface area (Å²) in [6.45, 7) is 5.77. The van der Waals surface area contributed by atoms with Crippen LogP contribution in [-0.2, 0) is 14.4 Å². The van der Waals surface area contributed by atoms with Crippen molar-refractivity contribution in [2.45, 2.75) is 51.7 Å². The van der Waals surface area contributed by atoms with Gasteiger partial charge in [-0.3, -0.25) is 4.79 Å². The number of nitrogens with zero attached hydrogens (tertiary/aromatic N) is 1. The summed E-state index contributed by atoms with van der Waals surface area (Å²) in [5.74, 6) is 0.332. The molecule has 25 heavy (non-hydrogen) atoms. The number of para-hydroxylation sites is 2. The average Bonchev–Trinajstić information content (AvgIpc) is 2.54. The number of hydrogen-bond donors (Lipinski definition) is 1. The van der Waals surface area contributed by atoms with E-state index in [0.29, 0.717) is 24.4 Å². The van der Waals surface area contributed by atoms with Crippen LogP contribution >= 0.6 is 0 Å². The molecule has 0 aromatic heterocycles. The highest BCUT2D eigenvalue weighted by molar-refractivity contribution is 5.96. The van der Waals surface area contributed by atoms with Crippen molar-refractivity contribution in [1.82, 2.24) is 5.06 Å². The van der Waals surface area contributed by atoms with Gasteiger partial charge in [0.15, 0.2) is 0 Å². The van der Waals surface area contributed by atoms with Gasteiger partial charge in [0.1, 0.15) is 17.4 Å². The lowest BCUT2D eigenvalue weighted by molar-refractivity contribution is -0.179. The van der Waals surface area contributed by atoms with Gasteiger partial charge < -0.3 is 19.6 Å². The first kappa shape index (κ1) is 19.1. The van der Waals surface area contributed by atoms with Crippen molar-refractivity contribution in [3.8, 4) is 5.75 Å². The molecule has 1 N–H and O–H groups in total. The van der Waals surface area contributed by atoms with E-state index < -0.39 is 17.8 Å². The maximum atomic E-state index is 12.7. The van der Waals surface area contributed by atoms with Gasteiger partial charge in [-0.25, -0.2) is 4.79 Å². The minimum atomic E-state index is -0.801. The maximum absolute atomic E-state index is 12.7. The standard InChI is InChI=1S/C18H26N2O5/c1-18(2,3)24-17(22)25-20-12-8-7-10-14(20)16(21)19-13-9-5-6-11-15(13)23-4/h5-6,9,11,14H,7-8,10,12H2,1-4H3,(H,19,21). The summed E-state index contributed by atoms with van der Waals surface area (Å²) in [5.41, 5.74) is -0.0695. The van der Waals surface area contributed by atoms with E-state index in [9.17, 15) is 9.59 Å². The summed E-state index contributed by atoms with van der Waals surface area (Å²) < 4.78 is 10.4. The lowest BCUT2D eigenvalue weighted by Gasteiger charge is -2.33. The van der Waals surface area contributed by atoms with Gasteiger partial charge in [-0.2, -0.15) is 0 Å². The molecule has 138 valence electrons. The molecule has 1 fully saturated rings. The van der Waals surface area contributed by atoms with Crippen LogP contribution in [0, 0.1) is 0 Å². The summed E-state index contributed by atoms with van der Waals surface area (Å²) in [7, 11) is 1.55. The van der Waals surface area contributed by atoms with Gasteiger partial charge in [-0.05, 0) is 52.2 Å². The second-order valence-corrected chi connectivity index (χ2v) is 6.90. The molecule has 0 bridgehead atoms. The van der Waals surface area contributed by atoms with E-state index in [4.69, 9.17) is 14.3 Å². The number of rotatable bonds is 4. The Morgan fingerprint density at radius 2 is 1.92 bits per heavy atom. The van der Waals surface area contributed by atoms with Crippen LogP contribution in [0.3, 0.4) is 0 Å². The average molecular weight is 350 g/mol. The Hall–Kier alpha value is -2.28. The van der Waals surface area contributed by atoms with Crippen molar-refractivity contribution in [2.75, 3.05) is 19.0 Å². The number of amides is 1. The first-order chi connectivity index (χ1) is 11.8. The lowest BCUT2D eigenvalue weighted by atomic mass is 10.0. The Labute approximate surface area is 148 Å². The van der Waals surface area contributed by atoms with E-state index in [2.05, 4.69) is 5.32 Å². The lowest BCUT2D eigenvalue weighted by Crippen LogP contribution is -2.48. The monoisotopic (exact) mass is 350 g/mol. The number of methoxy groups -OCH3 is 1. The van der Waals surface area contributed by atoms with Gasteiger partial charge in [0.25, 0.3) is 0 Å². The van der Waals surface area contributed by atoms with E-state index >= 15 is 0 Å². The normalized spacial score (nSPS) is 18.3. The molecule has 0 radical (unpaired) electrons. The molecule has 1 aromatic rings. The summed E-state index contributed by atoms with van der Waals surface area (Å²) in [6.07, 6.45) is 1.54. The van der Waals surface area contributed by atoms with Gasteiger partial charge in [0.05, 0.1) is 12.8 Å². The number of piperidine rings is 1. The molecule has 1 saturated heterocycles. The highest BCUT2D eigenvalue weighted by Crippen LogP contribution is 2.25. The number of ether oxygens (including phenoxy) is 2. The molecule has 1 heterocycles. The summed E-state index contributed by atoms with van der Waals surface area (Å²) in [6, 6.07) is 6.61. The van der Waals surface area contributed by atoms with Crippen LogP contribution in [-0.4, -0.2) is 42.4 Å². The number of nitrogens with one attached hydrogen (secondary N) is 1. The van der Waals surface area contributed by atoms with Crippen LogP contribution in [0.1, 0.15) is 40.0 Å². The fraction of sp³-hybridized carbons (Fsp3) is 0.556. The minimum absolute atomic E-state index is 0.243. The number of anilines is 1. The zero-order valence-corrected chi connectivity index (χ0v) is 15.2. The fourth-order valence-corrected chi connectivity index (χ4v) is 2.60. The predicted molar refractivity (Wildman–Crippen MR) is 93.3 cm³/mol. The third-order valence-corrected chi connectivity index (χ3v) is 3.70. The maximum Gasteiger partial charge on any atom is 0.528 e. The number of hydrogen-bond acceptors (Lipinski definition) is 6. The van der Waals surface area contributed by atoms with Crippen molar-refractivity contribution in [3.63, 3.8) is 0 Å². The molecule has 7 heteroatoms. The van der Waals surface area contributed by atoms with Gasteiger partial charge in [0.2, 0.25) is 5.91 Å². The Morgan fingerprint density at radius 3 is 2.60 bits per heavy atom. The molecule has 2 rings (SSSR count). The van der Waals surface area contributed by atoms with E-state index in [1.807, 2.05) is 12.1 Å². The fourth-order valence-electron chi connectivity index (χ4n) is 2.60. The van der Waals surface area contributed by atoms with Crippen LogP contribution in [0.25, 0.3) is 0 Å². The van der Waals surface area contributed by atoms with E-state index in [1.54, 1.807) is 40.0 Å². The van der Waals surface area contributed by atoms with Crippen molar-refractivity contribution < 1.29 is 23.9 Å². The van der Waals surface area contributed by atoms with E-state index in [0.717, 1.165) is 12.8 Å². The van der Waals surface area contributed by atoms with Crippen LogP contribution < -0.4 is 10.1 Å². The molecule has 1 aliphatic heterocycles. The van der Waals surface area contributed by atoms with E-state index in [1.165, 1.54) is 5.06 Å². The zero-order valence-electron chi connectivity index (χ0n) is 15.2. The van der Waals surface area contributed by atoms with Gasteiger partial charge >= 0.3 is 6.16 Å². The van der Waals surface area contributed by atoms with Crippen LogP contribution in [0.2, 0.25) is 0 Å². The summed E-state index contributed by atoms with van der Waals surface area (Å²) >= 11 is 0. The highest BCUT2D eigenvalue weighted by atomic mass is 16.8. The summed E-state index contributed by atoms with van der Waals surface area (Å²) in [5, 5.41) is 4.25. The molecule has 7 nitrogen and oxygen atoms in total. The Morgan fingerprint density at radius 1 is 1.20 bits per heavy atom. The largest absolute Gasteiger partial charge is 0.528 e. The quantitative estimate of drug-likeness (QED) is 0.839. The van der Waals surface area contributed by atoms with E-state index in [-0.39, 0.29) is 5.91 Å². The molecule has 0 aliphatic carbocycles. The van der Waals surface area contributed by atoms with Gasteiger partial charge in [-0.15, -0.1) is 5.06 Å². The number of carbonyl (C=O) groups excluding carboxylic acids is 2. The predicted octanol–water partition coefficient (Wildman–Crippen LogP) is 3.35. The molecular formula is C18H26N2O5. The number of hydroxylamine groups is 2. The molecule has 1 amide bonds. The second-order valence-electron chi connectivity index (χ2n) is 6.90. The molecule has 0 saturated carbocycles. The van der Waals surface area contributed by atoms with Crippen molar-refractivity contribution >= 4 is 17.7 Å². The number of benzene rings is 1. The molecule has 0 spiro atoms. The second kappa shape index (κ2) is 8.20. The third-order valence-electron chi connectivity index (χ3n) is 3.70. The summed E-state index contributed by atoms with van der Waals surface area (Å²) in [4.78, 5) is 29.9. The third kappa shape index (κ3) is 5.63. The minimum Gasteiger partial charge on any atom is -0.495 e. The molecule has 1 aliphatic rings. The highest BCUT2D eigenvalue weighted by Gasteiger charge is 2.33. The Bertz CT molecular complexity index is 612. The van der Waals surface area contributed by atoms with Crippen LogP contribution in [0.15, 0.2) is 24.3 Å². The Balaban J connectivity index is 2.04. The van der Waals surface area contributed by atoms with Crippen LogP contribution in [0.4, 0.5) is 10.5 Å². The van der Waals surface area contributed by atoms with Gasteiger partial charge in [0, 0.05) is 6.54 Å². The Kier molecular flexibility index (Phi) is 6.25. The van der Waals surface area contributed by atoms with Gasteiger partial charge in [-0.1, -0.05) is 12.1 Å². The first-order valence-corrected chi connectivity index (χ1v) is 8.41. The smallest absolute Gasteiger partial charge is 0.495 e. The SMILES string of the molecule is COc1ccccc1NC(=O)C1CCCCN1OC(=O)OC(C)(C)C. The number of carbonyl (C=O) groups is 2. The molecule has 1 unspecified atom stereocenters. The first-order valence-electron chi connectivity index (χ1n) is 8.41. The molecule has 1 atom stereocenters. The van der Waals surface area contributed by atoms with Crippen LogP contribution in [0.5, 0.6) is 5.75 Å². The molecule has 1 aromatic carbocycles.